The van der Waals surface area contributed by atoms with Gasteiger partial charge in [0, 0.05) is 30.1 Å². The maximum Gasteiger partial charge on any atom is 0.270 e. The van der Waals surface area contributed by atoms with Crippen LogP contribution in [0.3, 0.4) is 0 Å². The number of rotatable bonds is 3. The highest BCUT2D eigenvalue weighted by molar-refractivity contribution is 5.69. The maximum atomic E-state index is 10.6. The number of nitro benzene ring substituents is 1. The number of benzene rings is 1. The average Bonchev–Trinajstić information content (AvgIpc) is 2.38. The monoisotopic (exact) mass is 227 g/mol. The van der Waals surface area contributed by atoms with Gasteiger partial charge >= 0.3 is 0 Å². The van der Waals surface area contributed by atoms with Crippen LogP contribution in [0, 0.1) is 10.1 Å². The van der Waals surface area contributed by atoms with Crippen molar-refractivity contribution in [2.24, 2.45) is 0 Å². The zero-order chi connectivity index (χ0) is 12.1. The van der Waals surface area contributed by atoms with E-state index in [0.29, 0.717) is 0 Å². The van der Waals surface area contributed by atoms with Crippen LogP contribution >= 0.6 is 0 Å². The summed E-state index contributed by atoms with van der Waals surface area (Å²) in [6.45, 7) is 0. The van der Waals surface area contributed by atoms with Gasteiger partial charge in [0.05, 0.1) is 4.92 Å². The minimum absolute atomic E-state index is 0.0801. The van der Waals surface area contributed by atoms with Gasteiger partial charge in [-0.25, -0.2) is 9.97 Å². The van der Waals surface area contributed by atoms with E-state index in [2.05, 4.69) is 9.97 Å². The fourth-order valence-corrected chi connectivity index (χ4v) is 1.33. The molecule has 0 fully saturated rings. The minimum Gasteiger partial charge on any atom is -0.258 e. The Labute approximate surface area is 97.6 Å². The topological polar surface area (TPSA) is 68.9 Å². The van der Waals surface area contributed by atoms with Crippen LogP contribution in [0.1, 0.15) is 11.1 Å². The molecule has 0 N–H and O–H groups in total. The summed E-state index contributed by atoms with van der Waals surface area (Å²) < 4.78 is 0. The van der Waals surface area contributed by atoms with E-state index in [-0.39, 0.29) is 5.69 Å². The lowest BCUT2D eigenvalue weighted by Gasteiger charge is -1.94. The molecule has 17 heavy (non-hydrogen) atoms. The highest BCUT2D eigenvalue weighted by Crippen LogP contribution is 2.15. The minimum atomic E-state index is -0.414. The van der Waals surface area contributed by atoms with Gasteiger partial charge in [0.15, 0.2) is 0 Å². The van der Waals surface area contributed by atoms with Gasteiger partial charge in [-0.05, 0) is 5.56 Å². The molecule has 2 rings (SSSR count). The van der Waals surface area contributed by atoms with Crippen molar-refractivity contribution >= 4 is 17.8 Å². The van der Waals surface area contributed by atoms with Crippen molar-refractivity contribution in [3.05, 3.63) is 64.2 Å². The Morgan fingerprint density at radius 2 is 1.82 bits per heavy atom. The third-order valence-corrected chi connectivity index (χ3v) is 2.13. The van der Waals surface area contributed by atoms with E-state index in [0.717, 1.165) is 11.1 Å². The van der Waals surface area contributed by atoms with Crippen LogP contribution in [0.2, 0.25) is 0 Å². The van der Waals surface area contributed by atoms with E-state index in [1.807, 2.05) is 0 Å². The number of hydrogen-bond acceptors (Lipinski definition) is 4. The van der Waals surface area contributed by atoms with Gasteiger partial charge in [0.1, 0.15) is 6.33 Å². The Bertz CT molecular complexity index is 553. The van der Waals surface area contributed by atoms with Crippen LogP contribution in [0.25, 0.3) is 12.2 Å². The van der Waals surface area contributed by atoms with E-state index < -0.39 is 4.92 Å². The quantitative estimate of drug-likeness (QED) is 0.596. The predicted molar refractivity (Wildman–Crippen MR) is 64.1 cm³/mol. The number of hydrogen-bond donors (Lipinski definition) is 0. The lowest BCUT2D eigenvalue weighted by Crippen LogP contribution is -1.87. The molecule has 0 aliphatic heterocycles. The van der Waals surface area contributed by atoms with Crippen molar-refractivity contribution in [3.8, 4) is 0 Å². The maximum absolute atomic E-state index is 10.6. The summed E-state index contributed by atoms with van der Waals surface area (Å²) in [5.41, 5.74) is 1.69. The first-order valence-corrected chi connectivity index (χ1v) is 4.93. The summed E-state index contributed by atoms with van der Waals surface area (Å²) in [5.74, 6) is 0. The molecule has 0 amide bonds. The van der Waals surface area contributed by atoms with E-state index in [9.17, 15) is 10.1 Å². The van der Waals surface area contributed by atoms with Gasteiger partial charge in [0.25, 0.3) is 5.69 Å². The van der Waals surface area contributed by atoms with Crippen LogP contribution in [-0.4, -0.2) is 14.9 Å². The molecule has 0 radical (unpaired) electrons. The summed E-state index contributed by atoms with van der Waals surface area (Å²) in [6.07, 6.45) is 8.37. The second-order valence-corrected chi connectivity index (χ2v) is 3.36. The third kappa shape index (κ3) is 2.94. The second-order valence-electron chi connectivity index (χ2n) is 3.36. The molecule has 5 nitrogen and oxygen atoms in total. The van der Waals surface area contributed by atoms with Gasteiger partial charge in [-0.15, -0.1) is 0 Å². The predicted octanol–water partition coefficient (Wildman–Crippen LogP) is 2.56. The molecule has 0 spiro atoms. The normalized spacial score (nSPS) is 10.6. The molecule has 0 saturated heterocycles. The van der Waals surface area contributed by atoms with E-state index >= 15 is 0 Å². The third-order valence-electron chi connectivity index (χ3n) is 2.13. The molecular weight excluding hydrogens is 218 g/mol. The molecule has 0 aliphatic carbocycles. The highest BCUT2D eigenvalue weighted by Gasteiger charge is 2.03. The van der Waals surface area contributed by atoms with Crippen molar-refractivity contribution in [2.75, 3.05) is 0 Å². The molecule has 0 bridgehead atoms. The van der Waals surface area contributed by atoms with Crippen LogP contribution in [-0.2, 0) is 0 Å². The summed E-state index contributed by atoms with van der Waals surface area (Å²) >= 11 is 0. The molecule has 1 aromatic heterocycles. The number of aromatic nitrogens is 2. The largest absolute Gasteiger partial charge is 0.270 e. The molecule has 1 heterocycles. The van der Waals surface area contributed by atoms with Crippen molar-refractivity contribution in [2.45, 2.75) is 0 Å². The first kappa shape index (κ1) is 10.9. The zero-order valence-electron chi connectivity index (χ0n) is 8.85. The lowest BCUT2D eigenvalue weighted by molar-refractivity contribution is -0.384. The Morgan fingerprint density at radius 1 is 1.12 bits per heavy atom. The molecular formula is C12H9N3O2. The van der Waals surface area contributed by atoms with Crippen LogP contribution in [0.5, 0.6) is 0 Å². The van der Waals surface area contributed by atoms with Crippen LogP contribution < -0.4 is 0 Å². The molecule has 84 valence electrons. The van der Waals surface area contributed by atoms with E-state index in [1.165, 1.54) is 18.5 Å². The number of nitrogens with zero attached hydrogens (tertiary/aromatic N) is 3. The molecule has 0 atom stereocenters. The van der Waals surface area contributed by atoms with E-state index in [1.54, 1.807) is 36.7 Å². The van der Waals surface area contributed by atoms with Crippen LogP contribution in [0.15, 0.2) is 43.0 Å². The first-order valence-electron chi connectivity index (χ1n) is 4.93. The highest BCUT2D eigenvalue weighted by atomic mass is 16.6. The Morgan fingerprint density at radius 3 is 2.53 bits per heavy atom. The summed E-state index contributed by atoms with van der Waals surface area (Å²) in [5, 5.41) is 10.6. The molecule has 1 aromatic carbocycles. The lowest BCUT2D eigenvalue weighted by atomic mass is 10.1. The summed E-state index contributed by atoms with van der Waals surface area (Å²) in [4.78, 5) is 17.9. The van der Waals surface area contributed by atoms with E-state index in [4.69, 9.17) is 0 Å². The van der Waals surface area contributed by atoms with Gasteiger partial charge < -0.3 is 0 Å². The Hall–Kier alpha value is -2.56. The molecule has 0 aliphatic rings. The SMILES string of the molecule is O=[N+]([O-])c1cccc(C=Cc2cncnc2)c1. The Balaban J connectivity index is 2.22. The molecule has 5 heteroatoms. The molecule has 2 aromatic rings. The van der Waals surface area contributed by atoms with Gasteiger partial charge in [0.2, 0.25) is 0 Å². The fraction of sp³-hybridized carbons (Fsp3) is 0. The zero-order valence-corrected chi connectivity index (χ0v) is 8.85. The van der Waals surface area contributed by atoms with Crippen molar-refractivity contribution in [1.29, 1.82) is 0 Å². The number of non-ortho nitro benzene ring substituents is 1. The van der Waals surface area contributed by atoms with Crippen LogP contribution in [0.4, 0.5) is 5.69 Å². The summed E-state index contributed by atoms with van der Waals surface area (Å²) in [7, 11) is 0. The molecule has 0 saturated carbocycles. The molecule has 0 unspecified atom stereocenters. The van der Waals surface area contributed by atoms with Gasteiger partial charge in [-0.1, -0.05) is 24.3 Å². The second kappa shape index (κ2) is 4.98. The standard InChI is InChI=1S/C12H9N3O2/c16-15(17)12-3-1-2-10(6-12)4-5-11-7-13-9-14-8-11/h1-9H. The first-order chi connectivity index (χ1) is 8.25. The fourth-order valence-electron chi connectivity index (χ4n) is 1.33. The Kier molecular flexibility index (Phi) is 3.20. The average molecular weight is 227 g/mol. The van der Waals surface area contributed by atoms with Gasteiger partial charge in [-0.2, -0.15) is 0 Å². The van der Waals surface area contributed by atoms with Crippen molar-refractivity contribution < 1.29 is 4.92 Å². The summed E-state index contributed by atoms with van der Waals surface area (Å²) in [6, 6.07) is 6.43. The van der Waals surface area contributed by atoms with Crippen molar-refractivity contribution in [1.82, 2.24) is 9.97 Å². The number of nitro groups is 1. The van der Waals surface area contributed by atoms with Crippen molar-refractivity contribution in [3.63, 3.8) is 0 Å². The van der Waals surface area contributed by atoms with Gasteiger partial charge in [-0.3, -0.25) is 10.1 Å². The smallest absolute Gasteiger partial charge is 0.258 e.